The number of nitrogens with one attached hydrogen (secondary N) is 2. The molecule has 5 heteroatoms. The van der Waals surface area contributed by atoms with E-state index in [0.29, 0.717) is 12.5 Å². The number of piperidine rings is 1. The number of fused-ring (bicyclic) bond motifs is 1. The molecular weight excluding hydrogens is 336 g/mol. The number of hydrogen-bond acceptors (Lipinski definition) is 3. The Hall–Kier alpha value is -1.85. The highest BCUT2D eigenvalue weighted by Crippen LogP contribution is 2.20. The van der Waals surface area contributed by atoms with Crippen LogP contribution in [0.4, 0.5) is 0 Å². The number of hydrogen-bond donors (Lipinski definition) is 2. The Bertz CT molecular complexity index is 770. The normalized spacial score (nSPS) is 19.2. The molecule has 0 radical (unpaired) electrons. The fourth-order valence-corrected chi connectivity index (χ4v) is 4.44. The summed E-state index contributed by atoms with van der Waals surface area (Å²) in [6, 6.07) is 9.57. The largest absolute Gasteiger partial charge is 0.357 e. The van der Waals surface area contributed by atoms with Crippen molar-refractivity contribution in [2.24, 2.45) is 0 Å². The molecule has 5 nitrogen and oxygen atoms in total. The van der Waals surface area contributed by atoms with Gasteiger partial charge in [0, 0.05) is 55.2 Å². The van der Waals surface area contributed by atoms with E-state index >= 15 is 0 Å². The molecule has 1 aromatic heterocycles. The Morgan fingerprint density at radius 3 is 2.67 bits per heavy atom. The van der Waals surface area contributed by atoms with E-state index in [1.165, 1.54) is 48.1 Å². The highest BCUT2D eigenvalue weighted by molar-refractivity contribution is 5.81. The summed E-state index contributed by atoms with van der Waals surface area (Å²) in [5.41, 5.74) is 3.89. The first-order valence-electron chi connectivity index (χ1n) is 10.6. The predicted molar refractivity (Wildman–Crippen MR) is 110 cm³/mol. The first-order valence-corrected chi connectivity index (χ1v) is 10.6. The van der Waals surface area contributed by atoms with Gasteiger partial charge >= 0.3 is 0 Å². The third-order valence-electron chi connectivity index (χ3n) is 6.08. The number of carbonyl (C=O) groups is 1. The van der Waals surface area contributed by atoms with Gasteiger partial charge in [-0.3, -0.25) is 9.69 Å². The molecule has 2 aromatic rings. The first-order chi connectivity index (χ1) is 13.2. The van der Waals surface area contributed by atoms with Gasteiger partial charge in [0.15, 0.2) is 0 Å². The fourth-order valence-electron chi connectivity index (χ4n) is 4.44. The van der Waals surface area contributed by atoms with E-state index in [1.54, 1.807) is 0 Å². The SMILES string of the molecule is CCC(=O)N1CCC(NCc2ccc3[nH]c(CN4CCCC4)cc3c2)CC1. The molecule has 2 aliphatic heterocycles. The van der Waals surface area contributed by atoms with Crippen LogP contribution in [0.2, 0.25) is 0 Å². The Balaban J connectivity index is 1.31. The van der Waals surface area contributed by atoms with Crippen LogP contribution in [-0.4, -0.2) is 52.9 Å². The lowest BCUT2D eigenvalue weighted by molar-refractivity contribution is -0.131. The molecule has 2 N–H and O–H groups in total. The molecule has 27 heavy (non-hydrogen) atoms. The molecule has 146 valence electrons. The minimum absolute atomic E-state index is 0.288. The van der Waals surface area contributed by atoms with Gasteiger partial charge in [0.1, 0.15) is 0 Å². The molecule has 2 fully saturated rings. The molecule has 0 spiro atoms. The molecule has 0 bridgehead atoms. The van der Waals surface area contributed by atoms with Crippen LogP contribution >= 0.6 is 0 Å². The highest BCUT2D eigenvalue weighted by Gasteiger charge is 2.21. The molecule has 0 unspecified atom stereocenters. The van der Waals surface area contributed by atoms with Gasteiger partial charge in [-0.25, -0.2) is 0 Å². The molecule has 1 aromatic carbocycles. The molecule has 0 atom stereocenters. The van der Waals surface area contributed by atoms with E-state index in [2.05, 4.69) is 39.5 Å². The van der Waals surface area contributed by atoms with E-state index in [-0.39, 0.29) is 5.91 Å². The molecule has 0 saturated carbocycles. The van der Waals surface area contributed by atoms with Gasteiger partial charge < -0.3 is 15.2 Å². The summed E-state index contributed by atoms with van der Waals surface area (Å²) < 4.78 is 0. The first kappa shape index (κ1) is 18.5. The third-order valence-corrected chi connectivity index (χ3v) is 6.08. The van der Waals surface area contributed by atoms with Gasteiger partial charge in [0.25, 0.3) is 0 Å². The minimum Gasteiger partial charge on any atom is -0.357 e. The van der Waals surface area contributed by atoms with Crippen LogP contribution in [0.1, 0.15) is 50.3 Å². The van der Waals surface area contributed by atoms with Gasteiger partial charge in [-0.05, 0) is 62.5 Å². The van der Waals surface area contributed by atoms with E-state index in [1.807, 2.05) is 11.8 Å². The second-order valence-electron chi connectivity index (χ2n) is 8.09. The van der Waals surface area contributed by atoms with Crippen LogP contribution in [0.5, 0.6) is 0 Å². The van der Waals surface area contributed by atoms with Crippen molar-refractivity contribution in [1.29, 1.82) is 0 Å². The zero-order valence-electron chi connectivity index (χ0n) is 16.5. The maximum atomic E-state index is 11.8. The second kappa shape index (κ2) is 8.44. The zero-order chi connectivity index (χ0) is 18.6. The number of aromatic nitrogens is 1. The molecule has 3 heterocycles. The van der Waals surface area contributed by atoms with Gasteiger partial charge in [-0.2, -0.15) is 0 Å². The summed E-state index contributed by atoms with van der Waals surface area (Å²) in [4.78, 5) is 19.9. The van der Waals surface area contributed by atoms with Crippen molar-refractivity contribution >= 4 is 16.8 Å². The lowest BCUT2D eigenvalue weighted by Crippen LogP contribution is -2.44. The fraction of sp³-hybridized carbons (Fsp3) is 0.591. The number of carbonyl (C=O) groups excluding carboxylic acids is 1. The third kappa shape index (κ3) is 4.53. The maximum absolute atomic E-state index is 11.8. The van der Waals surface area contributed by atoms with Crippen molar-refractivity contribution in [2.45, 2.75) is 58.2 Å². The van der Waals surface area contributed by atoms with E-state index in [4.69, 9.17) is 0 Å². The summed E-state index contributed by atoms with van der Waals surface area (Å²) >= 11 is 0. The molecule has 4 rings (SSSR count). The lowest BCUT2D eigenvalue weighted by Gasteiger charge is -2.32. The standard InChI is InChI=1S/C22H32N4O/c1-2-22(27)26-11-7-19(8-12-26)23-15-17-5-6-21-18(13-17)14-20(24-21)16-25-9-3-4-10-25/h5-6,13-14,19,23-24H,2-4,7-12,15-16H2,1H3. The smallest absolute Gasteiger partial charge is 0.222 e. The molecule has 0 aliphatic carbocycles. The van der Waals surface area contributed by atoms with Crippen LogP contribution in [-0.2, 0) is 17.9 Å². The van der Waals surface area contributed by atoms with Crippen molar-refractivity contribution in [2.75, 3.05) is 26.2 Å². The van der Waals surface area contributed by atoms with E-state index in [9.17, 15) is 4.79 Å². The van der Waals surface area contributed by atoms with Crippen molar-refractivity contribution in [3.63, 3.8) is 0 Å². The topological polar surface area (TPSA) is 51.4 Å². The summed E-state index contributed by atoms with van der Waals surface area (Å²) in [6.07, 6.45) is 5.40. The summed E-state index contributed by atoms with van der Waals surface area (Å²) in [6.45, 7) is 8.12. The van der Waals surface area contributed by atoms with Gasteiger partial charge in [0.05, 0.1) is 0 Å². The number of amides is 1. The predicted octanol–water partition coefficient (Wildman–Crippen LogP) is 3.25. The average Bonchev–Trinajstić information content (AvgIpc) is 3.35. The highest BCUT2D eigenvalue weighted by atomic mass is 16.2. The van der Waals surface area contributed by atoms with Crippen LogP contribution < -0.4 is 5.32 Å². The van der Waals surface area contributed by atoms with E-state index < -0.39 is 0 Å². The maximum Gasteiger partial charge on any atom is 0.222 e. The molecule has 2 aliphatic rings. The number of benzene rings is 1. The monoisotopic (exact) mass is 368 g/mol. The van der Waals surface area contributed by atoms with Crippen molar-refractivity contribution < 1.29 is 4.79 Å². The van der Waals surface area contributed by atoms with Crippen molar-refractivity contribution in [3.05, 3.63) is 35.5 Å². The van der Waals surface area contributed by atoms with Crippen LogP contribution in [0.15, 0.2) is 24.3 Å². The number of aromatic amines is 1. The second-order valence-corrected chi connectivity index (χ2v) is 8.09. The molecule has 2 saturated heterocycles. The summed E-state index contributed by atoms with van der Waals surface area (Å²) in [5, 5.41) is 5.00. The Kier molecular flexibility index (Phi) is 5.79. The molecule has 1 amide bonds. The van der Waals surface area contributed by atoms with Crippen LogP contribution in [0.25, 0.3) is 10.9 Å². The average molecular weight is 369 g/mol. The van der Waals surface area contributed by atoms with Gasteiger partial charge in [-0.15, -0.1) is 0 Å². The number of nitrogens with zero attached hydrogens (tertiary/aromatic N) is 2. The Morgan fingerprint density at radius 1 is 1.15 bits per heavy atom. The molecular formula is C22H32N4O. The zero-order valence-corrected chi connectivity index (χ0v) is 16.5. The van der Waals surface area contributed by atoms with E-state index in [0.717, 1.165) is 39.0 Å². The van der Waals surface area contributed by atoms with Gasteiger partial charge in [0.2, 0.25) is 5.91 Å². The van der Waals surface area contributed by atoms with Crippen LogP contribution in [0, 0.1) is 0 Å². The van der Waals surface area contributed by atoms with Crippen LogP contribution in [0.3, 0.4) is 0 Å². The lowest BCUT2D eigenvalue weighted by atomic mass is 10.0. The van der Waals surface area contributed by atoms with Gasteiger partial charge in [-0.1, -0.05) is 13.0 Å². The Labute approximate surface area is 162 Å². The van der Waals surface area contributed by atoms with Crippen molar-refractivity contribution in [1.82, 2.24) is 20.1 Å². The number of H-pyrrole nitrogens is 1. The Morgan fingerprint density at radius 2 is 1.93 bits per heavy atom. The summed E-state index contributed by atoms with van der Waals surface area (Å²) in [5.74, 6) is 0.288. The number of likely N-dealkylation sites (tertiary alicyclic amines) is 2. The minimum atomic E-state index is 0.288. The quantitative estimate of drug-likeness (QED) is 0.823. The number of rotatable bonds is 6. The summed E-state index contributed by atoms with van der Waals surface area (Å²) in [7, 11) is 0. The van der Waals surface area contributed by atoms with Crippen molar-refractivity contribution in [3.8, 4) is 0 Å².